The maximum absolute atomic E-state index is 15.1. The Bertz CT molecular complexity index is 1710. The minimum atomic E-state index is -0.854. The number of alkyl halides is 1. The predicted octanol–water partition coefficient (Wildman–Crippen LogP) is 5.72. The predicted molar refractivity (Wildman–Crippen MR) is 162 cm³/mol. The number of aromatic nitrogens is 2. The molecule has 4 heterocycles. The maximum atomic E-state index is 15.1. The molecule has 3 aliphatic rings. The molecule has 0 bridgehead atoms. The molecule has 3 aromatic carbocycles. The van der Waals surface area contributed by atoms with E-state index in [-0.39, 0.29) is 22.9 Å². The van der Waals surface area contributed by atoms with Crippen LogP contribution in [0.25, 0.3) is 10.8 Å². The minimum Gasteiger partial charge on any atom is -0.489 e. The van der Waals surface area contributed by atoms with Crippen molar-refractivity contribution in [3.8, 4) is 11.8 Å². The van der Waals surface area contributed by atoms with Crippen LogP contribution in [-0.4, -0.2) is 52.8 Å². The Morgan fingerprint density at radius 2 is 1.98 bits per heavy atom. The smallest absolute Gasteiger partial charge is 0.296 e. The van der Waals surface area contributed by atoms with Gasteiger partial charge in [0, 0.05) is 42.2 Å². The fourth-order valence-electron chi connectivity index (χ4n) is 7.23. The second kappa shape index (κ2) is 11.3. The molecular weight excluding hydrogens is 550 g/mol. The summed E-state index contributed by atoms with van der Waals surface area (Å²) in [5.74, 6) is 0.455. The fourth-order valence-corrected chi connectivity index (χ4v) is 7.23. The largest absolute Gasteiger partial charge is 0.489 e. The van der Waals surface area contributed by atoms with Gasteiger partial charge in [-0.2, -0.15) is 4.98 Å². The Morgan fingerprint density at radius 1 is 1.12 bits per heavy atom. The Kier molecular flexibility index (Phi) is 7.29. The van der Waals surface area contributed by atoms with E-state index < -0.39 is 6.17 Å². The molecule has 43 heavy (non-hydrogen) atoms. The molecule has 0 aliphatic carbocycles. The summed E-state index contributed by atoms with van der Waals surface area (Å²) in [7, 11) is 0. The van der Waals surface area contributed by atoms with Crippen molar-refractivity contribution >= 4 is 16.5 Å². The number of anilines is 1. The zero-order valence-electron chi connectivity index (χ0n) is 24.4. The molecule has 9 heteroatoms. The fraction of sp³-hybridized carbons (Fsp3) is 0.412. The van der Waals surface area contributed by atoms with Gasteiger partial charge in [0.15, 0.2) is 0 Å². The molecule has 2 saturated heterocycles. The van der Waals surface area contributed by atoms with Crippen LogP contribution in [0.15, 0.2) is 59.4 Å². The monoisotopic (exact) mass is 586 g/mol. The first-order chi connectivity index (χ1) is 20.9. The first kappa shape index (κ1) is 27.8. The summed E-state index contributed by atoms with van der Waals surface area (Å²) in [4.78, 5) is 25.0. The molecule has 0 amide bonds. The minimum absolute atomic E-state index is 0.166. The lowest BCUT2D eigenvalue weighted by atomic mass is 9.95. The molecule has 0 saturated carbocycles. The number of nitrogens with one attached hydrogen (secondary N) is 1. The highest BCUT2D eigenvalue weighted by molar-refractivity contribution is 5.98. The number of nitrogens with zero attached hydrogens (tertiary/aromatic N) is 3. The summed E-state index contributed by atoms with van der Waals surface area (Å²) >= 11 is 0. The molecule has 224 valence electrons. The summed E-state index contributed by atoms with van der Waals surface area (Å²) in [5.41, 5.74) is 3.29. The first-order valence-electron chi connectivity index (χ1n) is 15.2. The Labute approximate surface area is 249 Å². The third kappa shape index (κ3) is 5.24. The molecule has 2 atom stereocenters. The standard InChI is InChI=1S/C34H36F2N4O3/c1-2-26-28(36)10-9-23-15-25(42-20-22-7-4-3-5-8-22)16-30(31(23)26)39-14-11-27-29(19-39)37-33(38-32(27)41)43-21-34-12-6-13-40(34)18-24(35)17-34/h3-5,7-10,15-16,24H,2,6,11-14,17-21H2,1H3,(H,37,38,41)/t24-,34+/m1/s1. The Morgan fingerprint density at radius 3 is 2.81 bits per heavy atom. The zero-order valence-corrected chi connectivity index (χ0v) is 24.4. The Balaban J connectivity index is 1.19. The highest BCUT2D eigenvalue weighted by atomic mass is 19.1. The van der Waals surface area contributed by atoms with Crippen molar-refractivity contribution in [1.29, 1.82) is 0 Å². The lowest BCUT2D eigenvalue weighted by molar-refractivity contribution is 0.107. The number of hydrogen-bond acceptors (Lipinski definition) is 6. The second-order valence-electron chi connectivity index (χ2n) is 12.0. The van der Waals surface area contributed by atoms with Crippen LogP contribution in [0.5, 0.6) is 11.8 Å². The number of aromatic amines is 1. The summed E-state index contributed by atoms with van der Waals surface area (Å²) in [6.45, 7) is 4.92. The van der Waals surface area contributed by atoms with E-state index in [9.17, 15) is 9.18 Å². The molecule has 1 aromatic heterocycles. The van der Waals surface area contributed by atoms with Crippen molar-refractivity contribution in [3.63, 3.8) is 0 Å². The summed E-state index contributed by atoms with van der Waals surface area (Å²) in [6.07, 6.45) is 2.52. The van der Waals surface area contributed by atoms with Gasteiger partial charge in [0.25, 0.3) is 11.6 Å². The molecule has 7 rings (SSSR count). The molecule has 0 radical (unpaired) electrons. The highest BCUT2D eigenvalue weighted by Gasteiger charge is 2.49. The summed E-state index contributed by atoms with van der Waals surface area (Å²) in [6, 6.07) is 17.4. The van der Waals surface area contributed by atoms with Gasteiger partial charge < -0.3 is 14.4 Å². The van der Waals surface area contributed by atoms with Crippen LogP contribution < -0.4 is 19.9 Å². The van der Waals surface area contributed by atoms with Crippen molar-refractivity contribution in [2.24, 2.45) is 0 Å². The van der Waals surface area contributed by atoms with E-state index in [0.29, 0.717) is 74.7 Å². The number of benzene rings is 3. The van der Waals surface area contributed by atoms with Crippen LogP contribution in [0.3, 0.4) is 0 Å². The molecular formula is C34H36F2N4O3. The van der Waals surface area contributed by atoms with E-state index >= 15 is 4.39 Å². The van der Waals surface area contributed by atoms with E-state index in [2.05, 4.69) is 14.8 Å². The van der Waals surface area contributed by atoms with Gasteiger partial charge in [0.05, 0.1) is 17.8 Å². The van der Waals surface area contributed by atoms with Crippen LogP contribution in [0.2, 0.25) is 0 Å². The van der Waals surface area contributed by atoms with Crippen LogP contribution >= 0.6 is 0 Å². The maximum Gasteiger partial charge on any atom is 0.296 e. The number of ether oxygens (including phenoxy) is 2. The van der Waals surface area contributed by atoms with E-state index in [1.165, 1.54) is 6.07 Å². The third-order valence-electron chi connectivity index (χ3n) is 9.35. The van der Waals surface area contributed by atoms with Gasteiger partial charge >= 0.3 is 0 Å². The average molecular weight is 587 g/mol. The molecule has 4 aromatic rings. The van der Waals surface area contributed by atoms with Crippen molar-refractivity contribution in [2.45, 2.75) is 63.9 Å². The van der Waals surface area contributed by atoms with Crippen LogP contribution in [0.4, 0.5) is 14.5 Å². The molecule has 0 unspecified atom stereocenters. The molecule has 2 fully saturated rings. The van der Waals surface area contributed by atoms with Gasteiger partial charge in [0.1, 0.15) is 31.0 Å². The molecule has 7 nitrogen and oxygen atoms in total. The number of aryl methyl sites for hydroxylation is 1. The zero-order chi connectivity index (χ0) is 29.6. The lowest BCUT2D eigenvalue weighted by Crippen LogP contribution is -2.44. The van der Waals surface area contributed by atoms with Gasteiger partial charge in [-0.1, -0.05) is 43.3 Å². The van der Waals surface area contributed by atoms with Crippen molar-refractivity contribution in [2.75, 3.05) is 31.1 Å². The van der Waals surface area contributed by atoms with Gasteiger partial charge in [-0.3, -0.25) is 14.7 Å². The summed E-state index contributed by atoms with van der Waals surface area (Å²) < 4.78 is 41.6. The van der Waals surface area contributed by atoms with Crippen molar-refractivity contribution in [3.05, 3.63) is 93.2 Å². The van der Waals surface area contributed by atoms with Gasteiger partial charge in [-0.25, -0.2) is 8.78 Å². The first-order valence-corrected chi connectivity index (χ1v) is 15.2. The second-order valence-corrected chi connectivity index (χ2v) is 12.0. The van der Waals surface area contributed by atoms with E-state index in [0.717, 1.165) is 41.4 Å². The quantitative estimate of drug-likeness (QED) is 0.285. The van der Waals surface area contributed by atoms with Crippen LogP contribution in [-0.2, 0) is 26.0 Å². The number of rotatable bonds is 8. The highest BCUT2D eigenvalue weighted by Crippen LogP contribution is 2.41. The number of hydrogen-bond donors (Lipinski definition) is 1. The average Bonchev–Trinajstić information content (AvgIpc) is 3.54. The van der Waals surface area contributed by atoms with Crippen LogP contribution in [0.1, 0.15) is 48.6 Å². The van der Waals surface area contributed by atoms with E-state index in [1.54, 1.807) is 6.07 Å². The SMILES string of the molecule is CCc1c(F)ccc2cc(OCc3ccccc3)cc(N3CCc4c(nc(OC[C@@]56CCCN5C[C@H](F)C6)[nH]c4=O)C3)c12. The van der Waals surface area contributed by atoms with Crippen molar-refractivity contribution in [1.82, 2.24) is 14.9 Å². The van der Waals surface area contributed by atoms with Gasteiger partial charge in [-0.15, -0.1) is 0 Å². The van der Waals surface area contributed by atoms with Crippen LogP contribution in [0, 0.1) is 5.82 Å². The van der Waals surface area contributed by atoms with Crippen molar-refractivity contribution < 1.29 is 18.3 Å². The normalized spacial score (nSPS) is 21.7. The number of halogens is 2. The molecule has 1 N–H and O–H groups in total. The van der Waals surface area contributed by atoms with Gasteiger partial charge in [-0.05, 0) is 60.9 Å². The van der Waals surface area contributed by atoms with E-state index in [4.69, 9.17) is 14.5 Å². The van der Waals surface area contributed by atoms with Gasteiger partial charge in [0.2, 0.25) is 0 Å². The Hall–Kier alpha value is -3.98. The lowest BCUT2D eigenvalue weighted by Gasteiger charge is -2.32. The number of fused-ring (bicyclic) bond motifs is 3. The van der Waals surface area contributed by atoms with E-state index in [1.807, 2.05) is 49.4 Å². The number of H-pyrrole nitrogens is 1. The third-order valence-corrected chi connectivity index (χ3v) is 9.35. The molecule has 0 spiro atoms. The summed E-state index contributed by atoms with van der Waals surface area (Å²) in [5, 5.41) is 1.75. The molecule has 3 aliphatic heterocycles. The topological polar surface area (TPSA) is 70.7 Å².